The van der Waals surface area contributed by atoms with Crippen LogP contribution in [0.4, 0.5) is 5.69 Å². The summed E-state index contributed by atoms with van der Waals surface area (Å²) in [5.74, 6) is 0. The quantitative estimate of drug-likeness (QED) is 0.842. The molecule has 0 saturated carbocycles. The molecule has 16 heavy (non-hydrogen) atoms. The monoisotopic (exact) mass is 212 g/mol. The molecule has 0 spiro atoms. The van der Waals surface area contributed by atoms with Gasteiger partial charge in [0.05, 0.1) is 5.69 Å². The number of nitrogens with zero attached hydrogens (tertiary/aromatic N) is 1. The molecule has 1 N–H and O–H groups in total. The molecule has 1 aromatic carbocycles. The van der Waals surface area contributed by atoms with Crippen molar-refractivity contribution in [1.29, 1.82) is 0 Å². The van der Waals surface area contributed by atoms with E-state index in [2.05, 4.69) is 42.3 Å². The Morgan fingerprint density at radius 1 is 1.19 bits per heavy atom. The molecule has 2 heteroatoms. The second-order valence-corrected chi connectivity index (χ2v) is 3.78. The van der Waals surface area contributed by atoms with Crippen LogP contribution in [-0.4, -0.2) is 11.5 Å². The molecule has 0 aliphatic rings. The van der Waals surface area contributed by atoms with Gasteiger partial charge in [0.1, 0.15) is 0 Å². The smallest absolute Gasteiger partial charge is 0.0725 e. The summed E-state index contributed by atoms with van der Waals surface area (Å²) in [5, 5.41) is 3.30. The summed E-state index contributed by atoms with van der Waals surface area (Å²) < 4.78 is 0. The number of benzene rings is 1. The lowest BCUT2D eigenvalue weighted by atomic mass is 10.1. The maximum Gasteiger partial charge on any atom is 0.0725 e. The van der Waals surface area contributed by atoms with Crippen molar-refractivity contribution in [2.45, 2.75) is 13.8 Å². The van der Waals surface area contributed by atoms with E-state index in [1.54, 1.807) is 0 Å². The molecule has 82 valence electrons. The van der Waals surface area contributed by atoms with Crippen LogP contribution in [0.15, 0.2) is 42.6 Å². The predicted molar refractivity (Wildman–Crippen MR) is 68.6 cm³/mol. The number of aromatic nitrogens is 1. The van der Waals surface area contributed by atoms with Crippen LogP contribution in [0.5, 0.6) is 0 Å². The van der Waals surface area contributed by atoms with Crippen LogP contribution >= 0.6 is 0 Å². The summed E-state index contributed by atoms with van der Waals surface area (Å²) in [5.41, 5.74) is 4.60. The predicted octanol–water partition coefficient (Wildman–Crippen LogP) is 3.49. The summed E-state index contributed by atoms with van der Waals surface area (Å²) in [6, 6.07) is 12.4. The molecule has 0 atom stereocenters. The van der Waals surface area contributed by atoms with Crippen LogP contribution in [0.2, 0.25) is 0 Å². The van der Waals surface area contributed by atoms with E-state index < -0.39 is 0 Å². The maximum absolute atomic E-state index is 4.41. The second kappa shape index (κ2) is 4.79. The topological polar surface area (TPSA) is 24.9 Å². The number of hydrogen-bond donors (Lipinski definition) is 1. The summed E-state index contributed by atoms with van der Waals surface area (Å²) in [7, 11) is 0. The minimum absolute atomic E-state index is 0.928. The van der Waals surface area contributed by atoms with Crippen molar-refractivity contribution in [3.05, 3.63) is 48.2 Å². The summed E-state index contributed by atoms with van der Waals surface area (Å²) in [6.45, 7) is 5.13. The zero-order chi connectivity index (χ0) is 11.4. The number of rotatable bonds is 3. The fourth-order valence-electron chi connectivity index (χ4n) is 1.75. The first-order valence-electron chi connectivity index (χ1n) is 5.57. The molecule has 0 bridgehead atoms. The summed E-state index contributed by atoms with van der Waals surface area (Å²) in [4.78, 5) is 4.41. The first kappa shape index (κ1) is 10.7. The van der Waals surface area contributed by atoms with Crippen molar-refractivity contribution in [3.63, 3.8) is 0 Å². The number of nitrogens with one attached hydrogen (secondary N) is 1. The van der Waals surface area contributed by atoms with Crippen molar-refractivity contribution in [2.75, 3.05) is 11.9 Å². The maximum atomic E-state index is 4.41. The largest absolute Gasteiger partial charge is 0.385 e. The molecular formula is C14H16N2. The van der Waals surface area contributed by atoms with E-state index in [4.69, 9.17) is 0 Å². The molecule has 2 rings (SSSR count). The highest BCUT2D eigenvalue weighted by atomic mass is 14.9. The second-order valence-electron chi connectivity index (χ2n) is 3.78. The van der Waals surface area contributed by atoms with Crippen molar-refractivity contribution in [1.82, 2.24) is 4.98 Å². The summed E-state index contributed by atoms with van der Waals surface area (Å²) in [6.07, 6.45) is 1.85. The molecule has 0 amide bonds. The Labute approximate surface area is 96.4 Å². The Balaban J connectivity index is 2.40. The van der Waals surface area contributed by atoms with Gasteiger partial charge in [-0.05, 0) is 31.5 Å². The van der Waals surface area contributed by atoms with Crippen LogP contribution in [0.25, 0.3) is 11.3 Å². The van der Waals surface area contributed by atoms with Gasteiger partial charge in [-0.2, -0.15) is 0 Å². The third-order valence-corrected chi connectivity index (χ3v) is 2.56. The lowest BCUT2D eigenvalue weighted by molar-refractivity contribution is 1.20. The van der Waals surface area contributed by atoms with Crippen molar-refractivity contribution < 1.29 is 0 Å². The third-order valence-electron chi connectivity index (χ3n) is 2.56. The van der Waals surface area contributed by atoms with Crippen LogP contribution in [-0.2, 0) is 0 Å². The van der Waals surface area contributed by atoms with Gasteiger partial charge in [0.15, 0.2) is 0 Å². The van der Waals surface area contributed by atoms with E-state index in [-0.39, 0.29) is 0 Å². The van der Waals surface area contributed by atoms with Gasteiger partial charge in [0, 0.05) is 24.0 Å². The van der Waals surface area contributed by atoms with Gasteiger partial charge in [-0.15, -0.1) is 0 Å². The van der Waals surface area contributed by atoms with Gasteiger partial charge in [-0.25, -0.2) is 0 Å². The first-order chi connectivity index (χ1) is 7.81. The highest BCUT2D eigenvalue weighted by Gasteiger charge is 2.02. The molecule has 1 heterocycles. The van der Waals surface area contributed by atoms with Gasteiger partial charge < -0.3 is 5.32 Å². The molecule has 0 radical (unpaired) electrons. The molecule has 2 aromatic rings. The lowest BCUT2D eigenvalue weighted by Gasteiger charge is -2.07. The molecule has 2 nitrogen and oxygen atoms in total. The van der Waals surface area contributed by atoms with E-state index in [1.807, 2.05) is 24.4 Å². The Hall–Kier alpha value is -1.83. The Kier molecular flexibility index (Phi) is 3.20. The number of pyridine rings is 1. The third kappa shape index (κ3) is 2.22. The van der Waals surface area contributed by atoms with E-state index in [0.717, 1.165) is 17.9 Å². The molecule has 1 aromatic heterocycles. The molecule has 0 aliphatic heterocycles. The van der Waals surface area contributed by atoms with Crippen LogP contribution < -0.4 is 5.32 Å². The average Bonchev–Trinajstić information content (AvgIpc) is 2.30. The fraction of sp³-hybridized carbons (Fsp3) is 0.214. The van der Waals surface area contributed by atoms with E-state index in [1.165, 1.54) is 11.1 Å². The Bertz CT molecular complexity index is 478. The van der Waals surface area contributed by atoms with Crippen molar-refractivity contribution in [3.8, 4) is 11.3 Å². The fourth-order valence-corrected chi connectivity index (χ4v) is 1.75. The van der Waals surface area contributed by atoms with Crippen LogP contribution in [0.1, 0.15) is 12.5 Å². The van der Waals surface area contributed by atoms with Gasteiger partial charge in [-0.3, -0.25) is 4.98 Å². The van der Waals surface area contributed by atoms with Gasteiger partial charge in [-0.1, -0.05) is 24.3 Å². The average molecular weight is 212 g/mol. The van der Waals surface area contributed by atoms with Crippen LogP contribution in [0.3, 0.4) is 0 Å². The minimum Gasteiger partial charge on any atom is -0.385 e. The standard InChI is InChI=1S/C14H16N2/c1-3-15-12-8-9-16-14(10-12)13-7-5-4-6-11(13)2/h4-10H,3H2,1-2H3,(H,15,16). The van der Waals surface area contributed by atoms with E-state index in [0.29, 0.717) is 0 Å². The van der Waals surface area contributed by atoms with Crippen molar-refractivity contribution in [2.24, 2.45) is 0 Å². The van der Waals surface area contributed by atoms with Crippen LogP contribution in [0, 0.1) is 6.92 Å². The number of aryl methyl sites for hydroxylation is 1. The minimum atomic E-state index is 0.928. The first-order valence-corrected chi connectivity index (χ1v) is 5.57. The molecule has 0 aliphatic carbocycles. The highest BCUT2D eigenvalue weighted by Crippen LogP contribution is 2.23. The Morgan fingerprint density at radius 2 is 2.00 bits per heavy atom. The number of anilines is 1. The van der Waals surface area contributed by atoms with Crippen molar-refractivity contribution >= 4 is 5.69 Å². The molecule has 0 fully saturated rings. The highest BCUT2D eigenvalue weighted by molar-refractivity contribution is 5.66. The number of hydrogen-bond acceptors (Lipinski definition) is 2. The zero-order valence-electron chi connectivity index (χ0n) is 9.70. The normalized spacial score (nSPS) is 10.1. The zero-order valence-corrected chi connectivity index (χ0v) is 9.70. The van der Waals surface area contributed by atoms with E-state index >= 15 is 0 Å². The summed E-state index contributed by atoms with van der Waals surface area (Å²) >= 11 is 0. The Morgan fingerprint density at radius 3 is 2.75 bits per heavy atom. The van der Waals surface area contributed by atoms with Gasteiger partial charge in [0.25, 0.3) is 0 Å². The van der Waals surface area contributed by atoms with Gasteiger partial charge in [0.2, 0.25) is 0 Å². The van der Waals surface area contributed by atoms with E-state index in [9.17, 15) is 0 Å². The SMILES string of the molecule is CCNc1ccnc(-c2ccccc2C)c1. The molecular weight excluding hydrogens is 196 g/mol. The lowest BCUT2D eigenvalue weighted by Crippen LogP contribution is -1.97. The van der Waals surface area contributed by atoms with Gasteiger partial charge >= 0.3 is 0 Å². The molecule has 0 unspecified atom stereocenters. The molecule has 0 saturated heterocycles.